The summed E-state index contributed by atoms with van der Waals surface area (Å²) in [5, 5.41) is 0. The van der Waals surface area contributed by atoms with Crippen LogP contribution in [0.15, 0.2) is 134 Å². The summed E-state index contributed by atoms with van der Waals surface area (Å²) in [7, 11) is 0. The lowest BCUT2D eigenvalue weighted by Crippen LogP contribution is -2.65. The summed E-state index contributed by atoms with van der Waals surface area (Å²) in [5.41, 5.74) is 7.90. The molecule has 0 bridgehead atoms. The van der Waals surface area contributed by atoms with Crippen LogP contribution < -0.4 is 19.6 Å². The van der Waals surface area contributed by atoms with E-state index in [1.807, 2.05) is 12.4 Å². The lowest BCUT2D eigenvalue weighted by atomic mass is 9.51. The molecular weight excluding hydrogens is 713 g/mol. The number of para-hydroxylation sites is 4. The molecule has 8 heteroatoms. The zero-order valence-corrected chi connectivity index (χ0v) is 34.8. The molecule has 0 radical (unpaired) electrons. The topological polar surface area (TPSA) is 64.5 Å². The van der Waals surface area contributed by atoms with Gasteiger partial charge in [-0.2, -0.15) is 0 Å². The Morgan fingerprint density at radius 3 is 1.67 bits per heavy atom. The molecule has 0 aliphatic carbocycles. The van der Waals surface area contributed by atoms with Crippen LogP contribution in [0.25, 0.3) is 0 Å². The van der Waals surface area contributed by atoms with Gasteiger partial charge in [0, 0.05) is 33.6 Å². The summed E-state index contributed by atoms with van der Waals surface area (Å²) in [6.07, 6.45) is 8.23. The van der Waals surface area contributed by atoms with Crippen LogP contribution in [0.1, 0.15) is 95.2 Å². The second-order valence-corrected chi connectivity index (χ2v) is 16.7. The van der Waals surface area contributed by atoms with Crippen LogP contribution in [-0.2, 0) is 5.41 Å². The molecule has 4 aromatic carbocycles. The van der Waals surface area contributed by atoms with Crippen molar-refractivity contribution >= 4 is 46.0 Å². The Morgan fingerprint density at radius 1 is 0.603 bits per heavy atom. The van der Waals surface area contributed by atoms with Gasteiger partial charge in [0.25, 0.3) is 0 Å². The largest absolute Gasteiger partial charge is 0.302 e. The Hall–Kier alpha value is -6.02. The van der Waals surface area contributed by atoms with Gasteiger partial charge in [-0.25, -0.2) is 19.9 Å². The average Bonchev–Trinajstić information content (AvgIpc) is 3.77. The Kier molecular flexibility index (Phi) is 9.34. The Bertz CT molecular complexity index is 2470. The molecule has 294 valence electrons. The van der Waals surface area contributed by atoms with Crippen LogP contribution in [0.2, 0.25) is 0 Å². The molecule has 0 N–H and O–H groups in total. The Morgan fingerprint density at radius 2 is 1.12 bits per heavy atom. The molecule has 5 heterocycles. The third kappa shape index (κ3) is 5.40. The number of benzene rings is 4. The molecule has 0 saturated carbocycles. The van der Waals surface area contributed by atoms with Crippen molar-refractivity contribution in [3.63, 3.8) is 0 Å². The number of nitrogens with zero attached hydrogens (tertiary/aromatic N) is 8. The van der Waals surface area contributed by atoms with Crippen molar-refractivity contribution in [2.45, 2.75) is 97.3 Å². The van der Waals surface area contributed by atoms with Gasteiger partial charge in [0.2, 0.25) is 0 Å². The zero-order valence-electron chi connectivity index (χ0n) is 34.8. The fraction of sp³-hybridized carbons (Fsp3) is 0.320. The molecule has 9 rings (SSSR count). The standard InChI is InChI=1S/C50H54N8/c1-9-49(10-2)38-27-19-21-29-42(38)58-47-44(51-31-40(54-47)34(6)7)56(37-25-16-13-17-26-37)48(58)50(49,11-3)30-43-55(36-23-14-12-15-24-36)46-45(52-32-39(53-46)33(4)5)57(43)41-28-20-18-22-35(41)8/h9,12-29,31-34,43,48H,1,10-11,30H2,2-8H3. The van der Waals surface area contributed by atoms with Crippen molar-refractivity contribution < 1.29 is 0 Å². The lowest BCUT2D eigenvalue weighted by molar-refractivity contribution is 0.0766. The predicted molar refractivity (Wildman–Crippen MR) is 238 cm³/mol. The molecule has 3 aliphatic rings. The average molecular weight is 767 g/mol. The number of hydrogen-bond donors (Lipinski definition) is 0. The molecule has 4 atom stereocenters. The third-order valence-corrected chi connectivity index (χ3v) is 13.2. The molecule has 6 aromatic rings. The number of rotatable bonds is 10. The molecule has 4 unspecified atom stereocenters. The van der Waals surface area contributed by atoms with E-state index < -0.39 is 10.8 Å². The first-order valence-electron chi connectivity index (χ1n) is 21.0. The minimum absolute atomic E-state index is 0.211. The van der Waals surface area contributed by atoms with Gasteiger partial charge in [0.1, 0.15) is 12.3 Å². The number of anilines is 8. The van der Waals surface area contributed by atoms with Gasteiger partial charge in [-0.15, -0.1) is 6.58 Å². The summed E-state index contributed by atoms with van der Waals surface area (Å²) in [6.45, 7) is 20.5. The van der Waals surface area contributed by atoms with Gasteiger partial charge in [0.05, 0.1) is 23.8 Å². The highest BCUT2D eigenvalue weighted by atomic mass is 15.5. The fourth-order valence-electron chi connectivity index (χ4n) is 10.3. The summed E-state index contributed by atoms with van der Waals surface area (Å²) >= 11 is 0. The predicted octanol–water partition coefficient (Wildman–Crippen LogP) is 12.4. The van der Waals surface area contributed by atoms with Crippen LogP contribution in [-0.4, -0.2) is 32.3 Å². The molecule has 0 saturated heterocycles. The third-order valence-electron chi connectivity index (χ3n) is 13.2. The lowest BCUT2D eigenvalue weighted by Gasteiger charge is -2.61. The maximum atomic E-state index is 5.49. The minimum Gasteiger partial charge on any atom is -0.302 e. The van der Waals surface area contributed by atoms with E-state index >= 15 is 0 Å². The van der Waals surface area contributed by atoms with E-state index in [9.17, 15) is 0 Å². The Balaban J connectivity index is 1.37. The van der Waals surface area contributed by atoms with Gasteiger partial charge in [-0.05, 0) is 85.5 Å². The van der Waals surface area contributed by atoms with Gasteiger partial charge < -0.3 is 19.6 Å². The smallest absolute Gasteiger partial charge is 0.178 e. The van der Waals surface area contributed by atoms with Gasteiger partial charge >= 0.3 is 0 Å². The first-order chi connectivity index (χ1) is 28.2. The number of aryl methyl sites for hydroxylation is 1. The van der Waals surface area contributed by atoms with Crippen LogP contribution in [0, 0.1) is 12.3 Å². The quantitative estimate of drug-likeness (QED) is 0.128. The monoisotopic (exact) mass is 766 g/mol. The second-order valence-electron chi connectivity index (χ2n) is 16.7. The van der Waals surface area contributed by atoms with Crippen LogP contribution in [0.3, 0.4) is 0 Å². The first kappa shape index (κ1) is 37.6. The van der Waals surface area contributed by atoms with Crippen molar-refractivity contribution in [3.05, 3.63) is 157 Å². The molecule has 0 fully saturated rings. The highest BCUT2D eigenvalue weighted by Crippen LogP contribution is 2.67. The second kappa shape index (κ2) is 14.4. The van der Waals surface area contributed by atoms with E-state index in [1.54, 1.807) is 0 Å². The Labute approximate surface area is 343 Å². The maximum Gasteiger partial charge on any atom is 0.178 e. The molecule has 8 nitrogen and oxygen atoms in total. The normalized spacial score (nSPS) is 21.9. The first-order valence-corrected chi connectivity index (χ1v) is 21.0. The zero-order chi connectivity index (χ0) is 40.3. The highest BCUT2D eigenvalue weighted by molar-refractivity contribution is 5.88. The van der Waals surface area contributed by atoms with Crippen molar-refractivity contribution in [1.29, 1.82) is 0 Å². The van der Waals surface area contributed by atoms with Gasteiger partial charge in [0.15, 0.2) is 23.3 Å². The SMILES string of the molecule is C=CC1(CC)c2ccccc2N2c3nc(C(C)C)cnc3N(c3ccccc3)C2C1(CC)CC1N(c2ccccc2)c2nc(C(C)C)cnc2N1c1ccccc1C. The molecule has 2 aromatic heterocycles. The van der Waals surface area contributed by atoms with Gasteiger partial charge in [-0.1, -0.05) is 120 Å². The minimum atomic E-state index is -0.490. The van der Waals surface area contributed by atoms with E-state index in [-0.39, 0.29) is 24.2 Å². The number of fused-ring (bicyclic) bond motifs is 6. The summed E-state index contributed by atoms with van der Waals surface area (Å²) < 4.78 is 0. The number of aromatic nitrogens is 4. The number of allylic oxidation sites excluding steroid dienone is 1. The molecule has 58 heavy (non-hydrogen) atoms. The molecular formula is C50H54N8. The van der Waals surface area contributed by atoms with E-state index in [2.05, 4.69) is 183 Å². The molecule has 0 amide bonds. The van der Waals surface area contributed by atoms with E-state index in [0.717, 1.165) is 76.7 Å². The van der Waals surface area contributed by atoms with Crippen molar-refractivity contribution in [1.82, 2.24) is 19.9 Å². The summed E-state index contributed by atoms with van der Waals surface area (Å²) in [4.78, 5) is 31.5. The van der Waals surface area contributed by atoms with E-state index in [4.69, 9.17) is 26.5 Å². The maximum absolute atomic E-state index is 5.49. The fourth-order valence-corrected chi connectivity index (χ4v) is 10.3. The van der Waals surface area contributed by atoms with E-state index in [0.29, 0.717) is 0 Å². The van der Waals surface area contributed by atoms with Crippen molar-refractivity contribution in [3.8, 4) is 0 Å². The van der Waals surface area contributed by atoms with Crippen LogP contribution in [0.5, 0.6) is 0 Å². The summed E-state index contributed by atoms with van der Waals surface area (Å²) in [6, 6.07) is 39.2. The molecule has 0 spiro atoms. The van der Waals surface area contributed by atoms with Crippen molar-refractivity contribution in [2.75, 3.05) is 19.6 Å². The summed E-state index contributed by atoms with van der Waals surface area (Å²) in [5.74, 6) is 3.95. The van der Waals surface area contributed by atoms with Crippen molar-refractivity contribution in [2.24, 2.45) is 5.41 Å². The molecule has 3 aliphatic heterocycles. The van der Waals surface area contributed by atoms with Crippen LogP contribution in [0.4, 0.5) is 46.0 Å². The highest BCUT2D eigenvalue weighted by Gasteiger charge is 2.66. The van der Waals surface area contributed by atoms with E-state index in [1.165, 1.54) is 11.1 Å². The number of hydrogen-bond acceptors (Lipinski definition) is 8. The van der Waals surface area contributed by atoms with Crippen LogP contribution >= 0.6 is 0 Å². The van der Waals surface area contributed by atoms with Gasteiger partial charge in [-0.3, -0.25) is 0 Å².